The van der Waals surface area contributed by atoms with Crippen molar-refractivity contribution in [1.82, 2.24) is 0 Å². The van der Waals surface area contributed by atoms with Crippen LogP contribution in [0.3, 0.4) is 0 Å². The molecule has 0 aliphatic heterocycles. The number of aromatic carboxylic acids is 1. The lowest BCUT2D eigenvalue weighted by atomic mass is 10.2. The number of hydrogen-bond donors (Lipinski definition) is 1. The Morgan fingerprint density at radius 2 is 2.15 bits per heavy atom. The van der Waals surface area contributed by atoms with Gasteiger partial charge < -0.3 is 14.6 Å². The third-order valence-electron chi connectivity index (χ3n) is 2.58. The Morgan fingerprint density at radius 1 is 1.40 bits per heavy atom. The van der Waals surface area contributed by atoms with Crippen molar-refractivity contribution >= 4 is 17.3 Å². The molecule has 0 amide bonds. The molecule has 6 heteroatoms. The first-order chi connectivity index (χ1) is 9.63. The van der Waals surface area contributed by atoms with Crippen LogP contribution in [0.4, 0.5) is 0 Å². The van der Waals surface area contributed by atoms with Crippen molar-refractivity contribution in [3.63, 3.8) is 0 Å². The Bertz CT molecular complexity index is 672. The lowest BCUT2D eigenvalue weighted by Gasteiger charge is -2.08. The molecule has 0 unspecified atom stereocenters. The minimum Gasteiger partial charge on any atom is -0.497 e. The second-order valence-electron chi connectivity index (χ2n) is 3.88. The molecule has 1 aromatic heterocycles. The zero-order chi connectivity index (χ0) is 14.5. The summed E-state index contributed by atoms with van der Waals surface area (Å²) in [5, 5.41) is 19.6. The molecular weight excluding hydrogens is 278 g/mol. The first kappa shape index (κ1) is 13.9. The molecule has 0 radical (unpaired) electrons. The molecule has 1 aromatic carbocycles. The number of benzene rings is 1. The maximum Gasteiger partial charge on any atom is 0.346 e. The van der Waals surface area contributed by atoms with Crippen LogP contribution in [-0.4, -0.2) is 18.2 Å². The molecule has 1 heterocycles. The van der Waals surface area contributed by atoms with E-state index in [-0.39, 0.29) is 11.5 Å². The van der Waals surface area contributed by atoms with Gasteiger partial charge in [0.05, 0.1) is 18.7 Å². The molecule has 0 saturated heterocycles. The van der Waals surface area contributed by atoms with Crippen molar-refractivity contribution in [3.05, 3.63) is 45.6 Å². The summed E-state index contributed by atoms with van der Waals surface area (Å²) in [6, 6.07) is 8.54. The van der Waals surface area contributed by atoms with Crippen LogP contribution in [-0.2, 0) is 6.61 Å². The highest BCUT2D eigenvalue weighted by Crippen LogP contribution is 2.24. The molecule has 0 bridgehead atoms. The summed E-state index contributed by atoms with van der Waals surface area (Å²) < 4.78 is 10.6. The van der Waals surface area contributed by atoms with Crippen molar-refractivity contribution < 1.29 is 19.4 Å². The Hall–Kier alpha value is -2.52. The number of carbonyl (C=O) groups is 1. The normalized spacial score (nSPS) is 9.80. The highest BCUT2D eigenvalue weighted by Gasteiger charge is 2.12. The van der Waals surface area contributed by atoms with Gasteiger partial charge in [-0.15, -0.1) is 11.3 Å². The molecular formula is C14H11NO4S. The van der Waals surface area contributed by atoms with Gasteiger partial charge in [0.25, 0.3) is 0 Å². The summed E-state index contributed by atoms with van der Waals surface area (Å²) in [7, 11) is 1.50. The third kappa shape index (κ3) is 3.08. The fraction of sp³-hybridized carbons (Fsp3) is 0.143. The Morgan fingerprint density at radius 3 is 2.80 bits per heavy atom. The first-order valence-corrected chi connectivity index (χ1v) is 6.53. The van der Waals surface area contributed by atoms with Crippen LogP contribution < -0.4 is 9.47 Å². The summed E-state index contributed by atoms with van der Waals surface area (Å²) in [4.78, 5) is 11.2. The van der Waals surface area contributed by atoms with Gasteiger partial charge in [0.2, 0.25) is 0 Å². The molecule has 2 rings (SSSR count). The van der Waals surface area contributed by atoms with E-state index in [1.807, 2.05) is 6.07 Å². The molecule has 1 N–H and O–H groups in total. The topological polar surface area (TPSA) is 79.5 Å². The van der Waals surface area contributed by atoms with Crippen molar-refractivity contribution in [2.24, 2.45) is 0 Å². The van der Waals surface area contributed by atoms with Gasteiger partial charge in [-0.1, -0.05) is 0 Å². The van der Waals surface area contributed by atoms with Crippen LogP contribution in [0.15, 0.2) is 29.6 Å². The molecule has 0 spiro atoms. The van der Waals surface area contributed by atoms with E-state index in [1.165, 1.54) is 7.11 Å². The minimum absolute atomic E-state index is 0.128. The largest absolute Gasteiger partial charge is 0.497 e. The molecule has 0 fully saturated rings. The highest BCUT2D eigenvalue weighted by atomic mass is 32.1. The van der Waals surface area contributed by atoms with Crippen LogP contribution in [0.2, 0.25) is 0 Å². The summed E-state index contributed by atoms with van der Waals surface area (Å²) >= 11 is 1.15. The quantitative estimate of drug-likeness (QED) is 0.915. The minimum atomic E-state index is -0.970. The van der Waals surface area contributed by atoms with Gasteiger partial charge in [-0.2, -0.15) is 5.26 Å². The summed E-state index contributed by atoms with van der Waals surface area (Å²) in [6.07, 6.45) is 0. The molecule has 2 aromatic rings. The SMILES string of the molecule is COc1cc(C#N)cc(OCc2ccsc2C(=O)O)c1. The monoisotopic (exact) mass is 289 g/mol. The summed E-state index contributed by atoms with van der Waals surface area (Å²) in [6.45, 7) is 0.128. The third-order valence-corrected chi connectivity index (χ3v) is 3.52. The fourth-order valence-electron chi connectivity index (χ4n) is 1.64. The molecule has 0 atom stereocenters. The van der Waals surface area contributed by atoms with E-state index in [4.69, 9.17) is 19.8 Å². The lowest BCUT2D eigenvalue weighted by Crippen LogP contribution is -2.02. The number of methoxy groups -OCH3 is 1. The molecule has 20 heavy (non-hydrogen) atoms. The maximum absolute atomic E-state index is 11.0. The lowest BCUT2D eigenvalue weighted by molar-refractivity contribution is 0.0699. The van der Waals surface area contributed by atoms with Crippen molar-refractivity contribution in [3.8, 4) is 17.6 Å². The van der Waals surface area contributed by atoms with Crippen LogP contribution in [0.25, 0.3) is 0 Å². The van der Waals surface area contributed by atoms with Gasteiger partial charge in [-0.3, -0.25) is 0 Å². The van der Waals surface area contributed by atoms with E-state index in [2.05, 4.69) is 0 Å². The van der Waals surface area contributed by atoms with Gasteiger partial charge in [0.1, 0.15) is 23.0 Å². The van der Waals surface area contributed by atoms with E-state index in [0.29, 0.717) is 22.6 Å². The average Bonchev–Trinajstić information content (AvgIpc) is 2.93. The van der Waals surface area contributed by atoms with E-state index in [1.54, 1.807) is 29.6 Å². The van der Waals surface area contributed by atoms with Gasteiger partial charge in [0, 0.05) is 11.6 Å². The predicted octanol–water partition coefficient (Wildman–Crippen LogP) is 2.91. The predicted molar refractivity (Wildman–Crippen MR) is 73.3 cm³/mol. The van der Waals surface area contributed by atoms with Crippen molar-refractivity contribution in [1.29, 1.82) is 5.26 Å². The van der Waals surface area contributed by atoms with Gasteiger partial charge in [0.15, 0.2) is 0 Å². The second kappa shape index (κ2) is 6.08. The zero-order valence-electron chi connectivity index (χ0n) is 10.6. The standard InChI is InChI=1S/C14H11NO4S/c1-18-11-4-9(7-15)5-12(6-11)19-8-10-2-3-20-13(10)14(16)17/h2-6H,8H2,1H3,(H,16,17). The number of hydrogen-bond acceptors (Lipinski definition) is 5. The summed E-state index contributed by atoms with van der Waals surface area (Å²) in [5.74, 6) is 0.00761. The molecule has 5 nitrogen and oxygen atoms in total. The van der Waals surface area contributed by atoms with Gasteiger partial charge in [-0.05, 0) is 23.6 Å². The first-order valence-electron chi connectivity index (χ1n) is 5.65. The second-order valence-corrected chi connectivity index (χ2v) is 4.79. The van der Waals surface area contributed by atoms with Crippen LogP contribution >= 0.6 is 11.3 Å². The van der Waals surface area contributed by atoms with Gasteiger partial charge in [-0.25, -0.2) is 4.79 Å². The number of nitriles is 1. The fourth-order valence-corrected chi connectivity index (χ4v) is 2.38. The van der Waals surface area contributed by atoms with Crippen molar-refractivity contribution in [2.45, 2.75) is 6.61 Å². The van der Waals surface area contributed by atoms with E-state index in [0.717, 1.165) is 11.3 Å². The van der Waals surface area contributed by atoms with Crippen LogP contribution in [0.1, 0.15) is 20.8 Å². The number of ether oxygens (including phenoxy) is 2. The number of carboxylic acid groups (broad SMARTS) is 1. The Kier molecular flexibility index (Phi) is 4.23. The van der Waals surface area contributed by atoms with E-state index in [9.17, 15) is 4.79 Å². The molecule has 102 valence electrons. The summed E-state index contributed by atoms with van der Waals surface area (Å²) in [5.41, 5.74) is 1.02. The van der Waals surface area contributed by atoms with Crippen molar-refractivity contribution in [2.75, 3.05) is 7.11 Å². The average molecular weight is 289 g/mol. The van der Waals surface area contributed by atoms with E-state index >= 15 is 0 Å². The molecule has 0 aliphatic rings. The number of thiophene rings is 1. The highest BCUT2D eigenvalue weighted by molar-refractivity contribution is 7.12. The number of carboxylic acids is 1. The smallest absolute Gasteiger partial charge is 0.346 e. The van der Waals surface area contributed by atoms with Gasteiger partial charge >= 0.3 is 5.97 Å². The Balaban J connectivity index is 2.16. The number of rotatable bonds is 5. The van der Waals surface area contributed by atoms with Crippen LogP contribution in [0.5, 0.6) is 11.5 Å². The molecule has 0 saturated carbocycles. The molecule has 0 aliphatic carbocycles. The maximum atomic E-state index is 11.0. The Labute approximate surface area is 119 Å². The zero-order valence-corrected chi connectivity index (χ0v) is 11.4. The van der Waals surface area contributed by atoms with Crippen LogP contribution in [0, 0.1) is 11.3 Å². The van der Waals surface area contributed by atoms with E-state index < -0.39 is 5.97 Å². The number of nitrogens with zero attached hydrogens (tertiary/aromatic N) is 1.